The SMILES string of the molecule is C/C=C\C(=C/NC#N)c1ccc(-c2ccc3c(c2)oc2ccccc23)cc1. The second kappa shape index (κ2) is 7.23. The predicted octanol–water partition coefficient (Wildman–Crippen LogP) is 6.24. The lowest BCUT2D eigenvalue weighted by Crippen LogP contribution is -1.94. The van der Waals surface area contributed by atoms with Crippen LogP contribution in [0.2, 0.25) is 0 Å². The highest BCUT2D eigenvalue weighted by Crippen LogP contribution is 2.32. The average molecular weight is 350 g/mol. The van der Waals surface area contributed by atoms with Crippen LogP contribution in [-0.4, -0.2) is 0 Å². The first-order valence-corrected chi connectivity index (χ1v) is 8.80. The maximum absolute atomic E-state index is 8.72. The summed E-state index contributed by atoms with van der Waals surface area (Å²) in [7, 11) is 0. The Bertz CT molecular complexity index is 1200. The molecule has 0 spiro atoms. The van der Waals surface area contributed by atoms with Crippen molar-refractivity contribution in [1.29, 1.82) is 5.26 Å². The molecule has 0 aliphatic heterocycles. The van der Waals surface area contributed by atoms with Crippen LogP contribution in [0.4, 0.5) is 0 Å². The predicted molar refractivity (Wildman–Crippen MR) is 111 cm³/mol. The summed E-state index contributed by atoms with van der Waals surface area (Å²) in [6.07, 6.45) is 7.55. The van der Waals surface area contributed by atoms with Crippen molar-refractivity contribution in [2.24, 2.45) is 0 Å². The molecule has 130 valence electrons. The first-order chi connectivity index (χ1) is 13.3. The maximum Gasteiger partial charge on any atom is 0.180 e. The van der Waals surface area contributed by atoms with E-state index in [0.29, 0.717) is 0 Å². The molecule has 0 aliphatic rings. The van der Waals surface area contributed by atoms with Crippen molar-refractivity contribution in [2.75, 3.05) is 0 Å². The zero-order chi connectivity index (χ0) is 18.6. The number of nitrogens with zero attached hydrogens (tertiary/aromatic N) is 1. The Kier molecular flexibility index (Phi) is 4.47. The van der Waals surface area contributed by atoms with Gasteiger partial charge in [-0.3, -0.25) is 5.32 Å². The van der Waals surface area contributed by atoms with Crippen LogP contribution in [0.3, 0.4) is 0 Å². The molecule has 4 aromatic rings. The van der Waals surface area contributed by atoms with Crippen LogP contribution >= 0.6 is 0 Å². The van der Waals surface area contributed by atoms with E-state index in [4.69, 9.17) is 9.68 Å². The van der Waals surface area contributed by atoms with Gasteiger partial charge in [0.2, 0.25) is 0 Å². The van der Waals surface area contributed by atoms with Gasteiger partial charge < -0.3 is 4.42 Å². The number of allylic oxidation sites excluding steroid dienone is 3. The third kappa shape index (κ3) is 3.21. The van der Waals surface area contributed by atoms with Crippen LogP contribution in [0, 0.1) is 11.5 Å². The van der Waals surface area contributed by atoms with Crippen molar-refractivity contribution in [1.82, 2.24) is 5.32 Å². The summed E-state index contributed by atoms with van der Waals surface area (Å²) < 4.78 is 6.00. The average Bonchev–Trinajstić information content (AvgIpc) is 3.09. The topological polar surface area (TPSA) is 49.0 Å². The number of nitrogens with one attached hydrogen (secondary N) is 1. The second-order valence-corrected chi connectivity index (χ2v) is 6.24. The summed E-state index contributed by atoms with van der Waals surface area (Å²) in [5, 5.41) is 13.6. The van der Waals surface area contributed by atoms with Gasteiger partial charge in [0.05, 0.1) is 0 Å². The normalized spacial score (nSPS) is 11.9. The van der Waals surface area contributed by atoms with Gasteiger partial charge >= 0.3 is 0 Å². The Balaban J connectivity index is 1.71. The van der Waals surface area contributed by atoms with Gasteiger partial charge in [-0.1, -0.05) is 60.7 Å². The van der Waals surface area contributed by atoms with Crippen LogP contribution in [0.25, 0.3) is 38.6 Å². The molecular weight excluding hydrogens is 332 g/mol. The molecule has 0 radical (unpaired) electrons. The van der Waals surface area contributed by atoms with Crippen molar-refractivity contribution in [3.05, 3.63) is 90.6 Å². The molecule has 0 saturated heterocycles. The Morgan fingerprint density at radius 1 is 0.926 bits per heavy atom. The Morgan fingerprint density at radius 2 is 1.67 bits per heavy atom. The first-order valence-electron chi connectivity index (χ1n) is 8.80. The maximum atomic E-state index is 8.72. The van der Waals surface area contributed by atoms with E-state index in [1.807, 2.05) is 43.5 Å². The highest BCUT2D eigenvalue weighted by atomic mass is 16.3. The van der Waals surface area contributed by atoms with E-state index in [-0.39, 0.29) is 0 Å². The zero-order valence-corrected chi connectivity index (χ0v) is 14.9. The molecule has 27 heavy (non-hydrogen) atoms. The van der Waals surface area contributed by atoms with E-state index in [0.717, 1.165) is 44.2 Å². The molecule has 0 bridgehead atoms. The summed E-state index contributed by atoms with van der Waals surface area (Å²) in [5.41, 5.74) is 6.04. The fraction of sp³-hybridized carbons (Fsp3) is 0.0417. The largest absolute Gasteiger partial charge is 0.456 e. The summed E-state index contributed by atoms with van der Waals surface area (Å²) in [6, 6.07) is 22.7. The lowest BCUT2D eigenvalue weighted by atomic mass is 9.99. The van der Waals surface area contributed by atoms with Gasteiger partial charge in [0.25, 0.3) is 0 Å². The monoisotopic (exact) mass is 350 g/mol. The van der Waals surface area contributed by atoms with Crippen molar-refractivity contribution in [3.8, 4) is 17.3 Å². The van der Waals surface area contributed by atoms with Crippen molar-refractivity contribution < 1.29 is 4.42 Å². The zero-order valence-electron chi connectivity index (χ0n) is 14.9. The number of rotatable bonds is 4. The van der Waals surface area contributed by atoms with E-state index in [2.05, 4.69) is 53.8 Å². The van der Waals surface area contributed by atoms with Crippen molar-refractivity contribution in [2.45, 2.75) is 6.92 Å². The molecule has 0 amide bonds. The minimum Gasteiger partial charge on any atom is -0.456 e. The third-order valence-corrected chi connectivity index (χ3v) is 4.57. The Labute approximate surface area is 157 Å². The molecule has 0 unspecified atom stereocenters. The lowest BCUT2D eigenvalue weighted by Gasteiger charge is -2.06. The van der Waals surface area contributed by atoms with Crippen LogP contribution in [0.15, 0.2) is 89.5 Å². The fourth-order valence-electron chi connectivity index (χ4n) is 3.28. The molecule has 3 nitrogen and oxygen atoms in total. The Hall–Kier alpha value is -3.77. The highest BCUT2D eigenvalue weighted by molar-refractivity contribution is 6.05. The molecule has 1 N–H and O–H groups in total. The minimum absolute atomic E-state index is 0.894. The van der Waals surface area contributed by atoms with Gasteiger partial charge in [0.1, 0.15) is 11.2 Å². The van der Waals surface area contributed by atoms with Gasteiger partial charge in [-0.25, -0.2) is 0 Å². The number of hydrogen-bond acceptors (Lipinski definition) is 3. The van der Waals surface area contributed by atoms with Crippen molar-refractivity contribution >= 4 is 27.5 Å². The molecule has 1 heterocycles. The van der Waals surface area contributed by atoms with Crippen LogP contribution in [-0.2, 0) is 0 Å². The van der Waals surface area contributed by atoms with Gasteiger partial charge in [0.15, 0.2) is 6.19 Å². The lowest BCUT2D eigenvalue weighted by molar-refractivity contribution is 0.669. The number of nitriles is 1. The molecule has 1 aromatic heterocycles. The number of benzene rings is 3. The molecular formula is C24H18N2O. The smallest absolute Gasteiger partial charge is 0.180 e. The summed E-state index contributed by atoms with van der Waals surface area (Å²) in [6.45, 7) is 1.96. The molecule has 3 heteroatoms. The molecule has 0 fully saturated rings. The molecule has 0 saturated carbocycles. The standard InChI is InChI=1S/C24H18N2O/c1-2-5-20(15-26-16-25)18-10-8-17(9-11-18)19-12-13-22-21-6-3-4-7-23(21)27-24(22)14-19/h2-15,26H,1H3/b5-2-,20-15+. The van der Waals surface area contributed by atoms with Gasteiger partial charge in [-0.2, -0.15) is 5.26 Å². The van der Waals surface area contributed by atoms with Gasteiger partial charge in [0, 0.05) is 17.0 Å². The van der Waals surface area contributed by atoms with Crippen LogP contribution < -0.4 is 5.32 Å². The summed E-state index contributed by atoms with van der Waals surface area (Å²) >= 11 is 0. The van der Waals surface area contributed by atoms with Crippen LogP contribution in [0.1, 0.15) is 12.5 Å². The van der Waals surface area contributed by atoms with E-state index >= 15 is 0 Å². The molecule has 4 rings (SSSR count). The van der Waals surface area contributed by atoms with Crippen molar-refractivity contribution in [3.63, 3.8) is 0 Å². The Morgan fingerprint density at radius 3 is 2.44 bits per heavy atom. The first kappa shape index (κ1) is 16.7. The number of hydrogen-bond donors (Lipinski definition) is 1. The van der Waals surface area contributed by atoms with E-state index in [1.54, 1.807) is 6.20 Å². The fourth-order valence-corrected chi connectivity index (χ4v) is 3.28. The quantitative estimate of drug-likeness (QED) is 0.269. The molecule has 3 aromatic carbocycles. The third-order valence-electron chi connectivity index (χ3n) is 4.57. The van der Waals surface area contributed by atoms with E-state index in [9.17, 15) is 0 Å². The van der Waals surface area contributed by atoms with Crippen LogP contribution in [0.5, 0.6) is 0 Å². The number of furan rings is 1. The van der Waals surface area contributed by atoms with Gasteiger partial charge in [-0.05, 0) is 47.4 Å². The van der Waals surface area contributed by atoms with Gasteiger partial charge in [-0.15, -0.1) is 0 Å². The van der Waals surface area contributed by atoms with E-state index in [1.165, 1.54) is 0 Å². The summed E-state index contributed by atoms with van der Waals surface area (Å²) in [5.74, 6) is 0. The summed E-state index contributed by atoms with van der Waals surface area (Å²) in [4.78, 5) is 0. The highest BCUT2D eigenvalue weighted by Gasteiger charge is 2.08. The van der Waals surface area contributed by atoms with E-state index < -0.39 is 0 Å². The molecule has 0 atom stereocenters. The number of fused-ring (bicyclic) bond motifs is 3. The second-order valence-electron chi connectivity index (χ2n) is 6.24. The molecule has 0 aliphatic carbocycles. The number of para-hydroxylation sites is 1. The minimum atomic E-state index is 0.894.